The summed E-state index contributed by atoms with van der Waals surface area (Å²) >= 11 is 0. The van der Waals surface area contributed by atoms with Gasteiger partial charge in [0.1, 0.15) is 0 Å². The Morgan fingerprint density at radius 1 is 1.38 bits per heavy atom. The molecular weight excluding hydrogens is 306 g/mol. The molecular formula is C18H23N3O3. The quantitative estimate of drug-likeness (QED) is 0.881. The lowest BCUT2D eigenvalue weighted by Gasteiger charge is -2.22. The molecule has 0 bridgehead atoms. The van der Waals surface area contributed by atoms with Crippen LogP contribution in [0.3, 0.4) is 0 Å². The highest BCUT2D eigenvalue weighted by molar-refractivity contribution is 6.06. The van der Waals surface area contributed by atoms with Crippen LogP contribution in [0.1, 0.15) is 73.1 Å². The summed E-state index contributed by atoms with van der Waals surface area (Å²) in [6.45, 7) is 4.42. The van der Waals surface area contributed by atoms with E-state index in [2.05, 4.69) is 10.1 Å². The van der Waals surface area contributed by atoms with Gasteiger partial charge in [0.15, 0.2) is 0 Å². The number of rotatable bonds is 6. The van der Waals surface area contributed by atoms with Gasteiger partial charge < -0.3 is 14.5 Å². The standard InChI is InChI=1S/C18H23N3O3/c1-10(2)16-15-13(18(23)21(7-8-22)12-5-6-12)9-14(11-3-4-11)19-17(15)24-20-16/h9-12,22H,3-8H2,1-2H3. The molecule has 128 valence electrons. The molecule has 0 atom stereocenters. The molecule has 24 heavy (non-hydrogen) atoms. The molecule has 1 N–H and O–H groups in total. The second-order valence-corrected chi connectivity index (χ2v) is 7.22. The van der Waals surface area contributed by atoms with Gasteiger partial charge in [-0.25, -0.2) is 4.98 Å². The molecule has 2 fully saturated rings. The summed E-state index contributed by atoms with van der Waals surface area (Å²) in [6.07, 6.45) is 4.24. The first kappa shape index (κ1) is 15.6. The molecule has 1 amide bonds. The Kier molecular flexibility index (Phi) is 3.79. The number of fused-ring (bicyclic) bond motifs is 1. The van der Waals surface area contributed by atoms with Crippen LogP contribution in [0, 0.1) is 0 Å². The topological polar surface area (TPSA) is 79.5 Å². The normalized spacial score (nSPS) is 17.7. The Morgan fingerprint density at radius 2 is 2.12 bits per heavy atom. The number of hydrogen-bond acceptors (Lipinski definition) is 5. The van der Waals surface area contributed by atoms with E-state index in [0.29, 0.717) is 23.7 Å². The maximum atomic E-state index is 13.2. The Hall–Kier alpha value is -1.95. The molecule has 6 heteroatoms. The van der Waals surface area contributed by atoms with Crippen LogP contribution in [-0.2, 0) is 0 Å². The number of carbonyl (C=O) groups excluding carboxylic acids is 1. The van der Waals surface area contributed by atoms with E-state index < -0.39 is 0 Å². The summed E-state index contributed by atoms with van der Waals surface area (Å²) < 4.78 is 5.45. The predicted octanol–water partition coefficient (Wildman–Crippen LogP) is 2.82. The van der Waals surface area contributed by atoms with Crippen molar-refractivity contribution in [3.8, 4) is 0 Å². The molecule has 2 heterocycles. The number of aliphatic hydroxyl groups is 1. The van der Waals surface area contributed by atoms with Crippen molar-refractivity contribution >= 4 is 17.0 Å². The minimum atomic E-state index is -0.0362. The fourth-order valence-electron chi connectivity index (χ4n) is 3.24. The molecule has 0 spiro atoms. The Morgan fingerprint density at radius 3 is 2.71 bits per heavy atom. The summed E-state index contributed by atoms with van der Waals surface area (Å²) in [5, 5.41) is 14.2. The molecule has 0 radical (unpaired) electrons. The zero-order chi connectivity index (χ0) is 16.8. The van der Waals surface area contributed by atoms with Crippen LogP contribution in [0.25, 0.3) is 11.1 Å². The van der Waals surface area contributed by atoms with Crippen LogP contribution in [0.2, 0.25) is 0 Å². The molecule has 6 nitrogen and oxygen atoms in total. The number of nitrogens with zero attached hydrogens (tertiary/aromatic N) is 3. The Labute approximate surface area is 140 Å². The van der Waals surface area contributed by atoms with Crippen molar-refractivity contribution in [1.29, 1.82) is 0 Å². The lowest BCUT2D eigenvalue weighted by atomic mass is 10.0. The number of hydrogen-bond donors (Lipinski definition) is 1. The third-order valence-electron chi connectivity index (χ3n) is 4.85. The van der Waals surface area contributed by atoms with Crippen LogP contribution >= 0.6 is 0 Å². The monoisotopic (exact) mass is 329 g/mol. The van der Waals surface area contributed by atoms with Crippen LogP contribution in [0.5, 0.6) is 0 Å². The van der Waals surface area contributed by atoms with Crippen molar-refractivity contribution in [1.82, 2.24) is 15.0 Å². The first-order valence-electron chi connectivity index (χ1n) is 8.82. The van der Waals surface area contributed by atoms with Crippen molar-refractivity contribution in [2.24, 2.45) is 0 Å². The van der Waals surface area contributed by atoms with Crippen LogP contribution in [0.4, 0.5) is 0 Å². The largest absolute Gasteiger partial charge is 0.395 e. The lowest BCUT2D eigenvalue weighted by Crippen LogP contribution is -2.35. The summed E-state index contributed by atoms with van der Waals surface area (Å²) in [5.41, 5.74) is 2.80. The molecule has 0 unspecified atom stereocenters. The molecule has 2 aromatic heterocycles. The van der Waals surface area contributed by atoms with Gasteiger partial charge in [-0.2, -0.15) is 0 Å². The number of pyridine rings is 1. The van der Waals surface area contributed by atoms with Gasteiger partial charge in [0.25, 0.3) is 11.6 Å². The van der Waals surface area contributed by atoms with Crippen molar-refractivity contribution in [2.75, 3.05) is 13.2 Å². The molecule has 4 rings (SSSR count). The zero-order valence-electron chi connectivity index (χ0n) is 14.2. The van der Waals surface area contributed by atoms with Gasteiger partial charge in [0.2, 0.25) is 0 Å². The predicted molar refractivity (Wildman–Crippen MR) is 89.0 cm³/mol. The Bertz CT molecular complexity index is 775. The second kappa shape index (κ2) is 5.84. The van der Waals surface area contributed by atoms with Gasteiger partial charge >= 0.3 is 0 Å². The van der Waals surface area contributed by atoms with E-state index in [1.807, 2.05) is 19.9 Å². The molecule has 0 aromatic carbocycles. The number of aliphatic hydroxyl groups excluding tert-OH is 1. The lowest BCUT2D eigenvalue weighted by molar-refractivity contribution is 0.0709. The fourth-order valence-corrected chi connectivity index (χ4v) is 3.24. The molecule has 2 aliphatic rings. The highest BCUT2D eigenvalue weighted by Gasteiger charge is 2.36. The van der Waals surface area contributed by atoms with Crippen molar-refractivity contribution in [2.45, 2.75) is 57.4 Å². The molecule has 0 saturated heterocycles. The number of carbonyl (C=O) groups is 1. The zero-order valence-corrected chi connectivity index (χ0v) is 14.2. The van der Waals surface area contributed by atoms with E-state index in [4.69, 9.17) is 4.52 Å². The van der Waals surface area contributed by atoms with E-state index in [9.17, 15) is 9.90 Å². The van der Waals surface area contributed by atoms with Crippen LogP contribution in [0.15, 0.2) is 10.6 Å². The van der Waals surface area contributed by atoms with Gasteiger partial charge in [-0.3, -0.25) is 4.79 Å². The SMILES string of the molecule is CC(C)c1noc2nc(C3CC3)cc(C(=O)N(CCO)C3CC3)c12. The molecule has 2 aliphatic carbocycles. The first-order chi connectivity index (χ1) is 11.6. The third-order valence-corrected chi connectivity index (χ3v) is 4.85. The van der Waals surface area contributed by atoms with E-state index in [1.165, 1.54) is 0 Å². The highest BCUT2D eigenvalue weighted by Crippen LogP contribution is 2.41. The molecule has 0 aliphatic heterocycles. The van der Waals surface area contributed by atoms with Gasteiger partial charge in [-0.15, -0.1) is 0 Å². The van der Waals surface area contributed by atoms with Gasteiger partial charge in [-0.1, -0.05) is 19.0 Å². The minimum absolute atomic E-state index is 0.0212. The van der Waals surface area contributed by atoms with Gasteiger partial charge in [0.05, 0.1) is 23.3 Å². The highest BCUT2D eigenvalue weighted by atomic mass is 16.5. The smallest absolute Gasteiger partial charge is 0.259 e. The van der Waals surface area contributed by atoms with Crippen molar-refractivity contribution in [3.05, 3.63) is 23.0 Å². The first-order valence-corrected chi connectivity index (χ1v) is 8.82. The molecule has 2 saturated carbocycles. The average Bonchev–Trinajstić information content (AvgIpc) is 3.47. The third kappa shape index (κ3) is 2.69. The van der Waals surface area contributed by atoms with E-state index in [0.717, 1.165) is 42.5 Å². The van der Waals surface area contributed by atoms with E-state index in [-0.39, 0.29) is 24.5 Å². The Balaban J connectivity index is 1.84. The summed E-state index contributed by atoms with van der Waals surface area (Å²) in [5.74, 6) is 0.547. The van der Waals surface area contributed by atoms with E-state index in [1.54, 1.807) is 4.90 Å². The van der Waals surface area contributed by atoms with Crippen LogP contribution < -0.4 is 0 Å². The summed E-state index contributed by atoms with van der Waals surface area (Å²) in [6, 6.07) is 2.18. The van der Waals surface area contributed by atoms with Gasteiger partial charge in [-0.05, 0) is 37.7 Å². The van der Waals surface area contributed by atoms with E-state index >= 15 is 0 Å². The van der Waals surface area contributed by atoms with Crippen molar-refractivity contribution in [3.63, 3.8) is 0 Å². The maximum Gasteiger partial charge on any atom is 0.259 e. The van der Waals surface area contributed by atoms with Crippen molar-refractivity contribution < 1.29 is 14.4 Å². The van der Waals surface area contributed by atoms with Gasteiger partial charge in [0, 0.05) is 24.2 Å². The minimum Gasteiger partial charge on any atom is -0.395 e. The maximum absolute atomic E-state index is 13.2. The average molecular weight is 329 g/mol. The van der Waals surface area contributed by atoms with Crippen LogP contribution in [-0.4, -0.2) is 45.2 Å². The number of amides is 1. The number of aromatic nitrogens is 2. The fraction of sp³-hybridized carbons (Fsp3) is 0.611. The second-order valence-electron chi connectivity index (χ2n) is 7.22. The summed E-state index contributed by atoms with van der Waals surface area (Å²) in [4.78, 5) is 19.6. The molecule has 2 aromatic rings. The summed E-state index contributed by atoms with van der Waals surface area (Å²) in [7, 11) is 0.